The summed E-state index contributed by atoms with van der Waals surface area (Å²) in [5.41, 5.74) is 0.324. The number of nitrogens with one attached hydrogen (secondary N) is 1. The van der Waals surface area contributed by atoms with Crippen molar-refractivity contribution in [3.8, 4) is 0 Å². The maximum Gasteiger partial charge on any atom is 0.263 e. The quantitative estimate of drug-likeness (QED) is 0.744. The molecule has 0 aliphatic carbocycles. The van der Waals surface area contributed by atoms with E-state index in [0.717, 1.165) is 19.3 Å². The van der Waals surface area contributed by atoms with Gasteiger partial charge in [-0.1, -0.05) is 32.0 Å². The van der Waals surface area contributed by atoms with Crippen LogP contribution >= 0.6 is 0 Å². The summed E-state index contributed by atoms with van der Waals surface area (Å²) >= 11 is 0. The Morgan fingerprint density at radius 1 is 1.28 bits per heavy atom. The number of hydrogen-bond acceptors (Lipinski definition) is 4. The number of aryl methyl sites for hydroxylation is 1. The van der Waals surface area contributed by atoms with Gasteiger partial charge in [-0.25, -0.2) is 12.8 Å². The summed E-state index contributed by atoms with van der Waals surface area (Å²) in [5.74, 6) is -0.535. The SMILES string of the molecule is CCCn1cc(C(=O)NCc2ccccc2F)c(S(=O)(=O)N2CCC(C)CC2)n1. The molecular formula is C20H27FN4O3S. The number of sulfonamides is 1. The molecule has 0 bridgehead atoms. The molecule has 1 aromatic heterocycles. The number of carbonyl (C=O) groups excluding carboxylic acids is 1. The Labute approximate surface area is 171 Å². The van der Waals surface area contributed by atoms with Crippen molar-refractivity contribution in [2.45, 2.75) is 51.2 Å². The number of carbonyl (C=O) groups is 1. The number of benzene rings is 1. The summed E-state index contributed by atoms with van der Waals surface area (Å²) in [6.45, 7) is 5.34. The van der Waals surface area contributed by atoms with Crippen LogP contribution in [0.3, 0.4) is 0 Å². The van der Waals surface area contributed by atoms with Crippen molar-refractivity contribution in [1.82, 2.24) is 19.4 Å². The molecule has 7 nitrogen and oxygen atoms in total. The Hall–Kier alpha value is -2.26. The lowest BCUT2D eigenvalue weighted by molar-refractivity contribution is 0.0947. The monoisotopic (exact) mass is 422 g/mol. The van der Waals surface area contributed by atoms with Gasteiger partial charge in [0.2, 0.25) is 5.03 Å². The molecule has 0 saturated carbocycles. The second-order valence-electron chi connectivity index (χ2n) is 7.47. The Balaban J connectivity index is 1.85. The number of hydrogen-bond donors (Lipinski definition) is 1. The lowest BCUT2D eigenvalue weighted by Crippen LogP contribution is -2.39. The maximum atomic E-state index is 13.8. The third kappa shape index (κ3) is 4.84. The molecule has 1 aliphatic rings. The van der Waals surface area contributed by atoms with Crippen molar-refractivity contribution < 1.29 is 17.6 Å². The summed E-state index contributed by atoms with van der Waals surface area (Å²) < 4.78 is 43.1. The highest BCUT2D eigenvalue weighted by atomic mass is 32.2. The number of nitrogens with zero attached hydrogens (tertiary/aromatic N) is 3. The minimum Gasteiger partial charge on any atom is -0.348 e. The minimum atomic E-state index is -3.88. The number of halogens is 1. The highest BCUT2D eigenvalue weighted by Crippen LogP contribution is 2.25. The van der Waals surface area contributed by atoms with Gasteiger partial charge >= 0.3 is 0 Å². The van der Waals surface area contributed by atoms with Crippen LogP contribution in [-0.4, -0.2) is 41.5 Å². The number of piperidine rings is 1. The van der Waals surface area contributed by atoms with Gasteiger partial charge in [0.25, 0.3) is 15.9 Å². The molecule has 0 radical (unpaired) electrons. The van der Waals surface area contributed by atoms with Crippen LogP contribution in [0.5, 0.6) is 0 Å². The zero-order valence-corrected chi connectivity index (χ0v) is 17.6. The first-order valence-corrected chi connectivity index (χ1v) is 11.4. The zero-order valence-electron chi connectivity index (χ0n) is 16.8. The molecule has 1 saturated heterocycles. The van der Waals surface area contributed by atoms with E-state index in [9.17, 15) is 17.6 Å². The van der Waals surface area contributed by atoms with Crippen LogP contribution in [-0.2, 0) is 23.1 Å². The molecule has 1 N–H and O–H groups in total. The molecule has 3 rings (SSSR count). The van der Waals surface area contributed by atoms with Crippen molar-refractivity contribution in [2.75, 3.05) is 13.1 Å². The zero-order chi connectivity index (χ0) is 21.0. The predicted octanol–water partition coefficient (Wildman–Crippen LogP) is 2.78. The van der Waals surface area contributed by atoms with E-state index in [-0.39, 0.29) is 17.1 Å². The first kappa shape index (κ1) is 21.4. The van der Waals surface area contributed by atoms with Crippen LogP contribution in [0.1, 0.15) is 49.0 Å². The molecule has 2 aromatic rings. The summed E-state index contributed by atoms with van der Waals surface area (Å²) in [7, 11) is -3.88. The van der Waals surface area contributed by atoms with Gasteiger partial charge in [-0.2, -0.15) is 9.40 Å². The highest BCUT2D eigenvalue weighted by molar-refractivity contribution is 7.89. The fourth-order valence-corrected chi connectivity index (χ4v) is 4.92. The number of aromatic nitrogens is 2. The van der Waals surface area contributed by atoms with Gasteiger partial charge in [-0.05, 0) is 31.2 Å². The van der Waals surface area contributed by atoms with Crippen LogP contribution in [0.15, 0.2) is 35.5 Å². The molecule has 1 fully saturated rings. The van der Waals surface area contributed by atoms with E-state index in [4.69, 9.17) is 0 Å². The molecule has 1 aliphatic heterocycles. The number of amides is 1. The van der Waals surface area contributed by atoms with Crippen LogP contribution in [0.4, 0.5) is 4.39 Å². The lowest BCUT2D eigenvalue weighted by atomic mass is 10.0. The van der Waals surface area contributed by atoms with E-state index in [1.165, 1.54) is 21.3 Å². The van der Waals surface area contributed by atoms with Gasteiger partial charge in [0.1, 0.15) is 5.82 Å². The Morgan fingerprint density at radius 2 is 1.97 bits per heavy atom. The van der Waals surface area contributed by atoms with Crippen LogP contribution < -0.4 is 5.32 Å². The smallest absolute Gasteiger partial charge is 0.263 e. The summed E-state index contributed by atoms with van der Waals surface area (Å²) in [6.07, 6.45) is 3.77. The maximum absolute atomic E-state index is 13.8. The molecule has 0 atom stereocenters. The Kier molecular flexibility index (Phi) is 6.69. The Morgan fingerprint density at radius 3 is 2.62 bits per heavy atom. The van der Waals surface area contributed by atoms with Crippen molar-refractivity contribution >= 4 is 15.9 Å². The van der Waals surface area contributed by atoms with Crippen molar-refractivity contribution in [3.63, 3.8) is 0 Å². The van der Waals surface area contributed by atoms with Crippen LogP contribution in [0.2, 0.25) is 0 Å². The van der Waals surface area contributed by atoms with Crippen molar-refractivity contribution in [3.05, 3.63) is 47.4 Å². The first-order chi connectivity index (χ1) is 13.8. The fourth-order valence-electron chi connectivity index (χ4n) is 3.35. The van der Waals surface area contributed by atoms with Gasteiger partial charge in [-0.15, -0.1) is 0 Å². The van der Waals surface area contributed by atoms with Gasteiger partial charge in [0, 0.05) is 37.9 Å². The summed E-state index contributed by atoms with van der Waals surface area (Å²) in [4.78, 5) is 12.8. The normalized spacial score (nSPS) is 16.1. The van der Waals surface area contributed by atoms with E-state index in [0.29, 0.717) is 31.1 Å². The summed E-state index contributed by atoms with van der Waals surface area (Å²) in [5, 5.41) is 6.60. The third-order valence-corrected chi connectivity index (χ3v) is 6.98. The highest BCUT2D eigenvalue weighted by Gasteiger charge is 2.34. The van der Waals surface area contributed by atoms with Gasteiger partial charge < -0.3 is 5.32 Å². The van der Waals surface area contributed by atoms with Gasteiger partial charge in [0.05, 0.1) is 5.56 Å². The van der Waals surface area contributed by atoms with E-state index in [1.807, 2.05) is 6.92 Å². The Bertz CT molecular complexity index is 966. The second-order valence-corrected chi connectivity index (χ2v) is 9.32. The summed E-state index contributed by atoms with van der Waals surface area (Å²) in [6, 6.07) is 6.13. The number of rotatable bonds is 7. The molecule has 0 unspecified atom stereocenters. The van der Waals surface area contributed by atoms with Crippen LogP contribution in [0, 0.1) is 11.7 Å². The van der Waals surface area contributed by atoms with E-state index < -0.39 is 21.7 Å². The molecule has 1 amide bonds. The standard InChI is InChI=1S/C20H27FN4O3S/c1-3-10-24-14-17(19(26)22-13-16-6-4-5-7-18(16)21)20(23-24)29(27,28)25-11-8-15(2)9-12-25/h4-7,14-15H,3,8-13H2,1-2H3,(H,22,26). The average Bonchev–Trinajstić information content (AvgIpc) is 3.13. The first-order valence-electron chi connectivity index (χ1n) is 9.92. The topological polar surface area (TPSA) is 84.3 Å². The van der Waals surface area contributed by atoms with Gasteiger partial charge in [-0.3, -0.25) is 9.48 Å². The molecule has 9 heteroatoms. The average molecular weight is 423 g/mol. The molecule has 1 aromatic carbocycles. The molecule has 0 spiro atoms. The largest absolute Gasteiger partial charge is 0.348 e. The van der Waals surface area contributed by atoms with Gasteiger partial charge in [0.15, 0.2) is 0 Å². The molecule has 29 heavy (non-hydrogen) atoms. The predicted molar refractivity (Wildman–Crippen MR) is 107 cm³/mol. The fraction of sp³-hybridized carbons (Fsp3) is 0.500. The van der Waals surface area contributed by atoms with Crippen molar-refractivity contribution in [2.24, 2.45) is 5.92 Å². The molecular weight excluding hydrogens is 395 g/mol. The molecule has 2 heterocycles. The third-order valence-electron chi connectivity index (χ3n) is 5.15. The minimum absolute atomic E-state index is 0.00610. The second kappa shape index (κ2) is 9.04. The molecule has 158 valence electrons. The van der Waals surface area contributed by atoms with E-state index >= 15 is 0 Å². The van der Waals surface area contributed by atoms with Crippen LogP contribution in [0.25, 0.3) is 0 Å². The van der Waals surface area contributed by atoms with E-state index in [2.05, 4.69) is 17.3 Å². The van der Waals surface area contributed by atoms with E-state index in [1.54, 1.807) is 18.2 Å². The van der Waals surface area contributed by atoms with Crippen molar-refractivity contribution in [1.29, 1.82) is 0 Å². The lowest BCUT2D eigenvalue weighted by Gasteiger charge is -2.28.